The first-order valence-electron chi connectivity index (χ1n) is 8.48. The molecule has 0 bridgehead atoms. The molecule has 1 heterocycles. The van der Waals surface area contributed by atoms with Gasteiger partial charge in [0.05, 0.1) is 11.3 Å². The number of nitrogens with zero attached hydrogens (tertiary/aromatic N) is 3. The summed E-state index contributed by atoms with van der Waals surface area (Å²) in [4.78, 5) is 23.3. The number of thioether (sulfide) groups is 1. The van der Waals surface area contributed by atoms with E-state index < -0.39 is 11.0 Å². The highest BCUT2D eigenvalue weighted by Crippen LogP contribution is 2.25. The summed E-state index contributed by atoms with van der Waals surface area (Å²) in [5, 5.41) is 18.5. The molecule has 3 rings (SSSR count). The minimum Gasteiger partial charge on any atom is -0.453 e. The molecule has 1 atom stereocenters. The average Bonchev–Trinajstić information content (AvgIpc) is 3.19. The number of nitro groups is 1. The van der Waals surface area contributed by atoms with Crippen LogP contribution in [-0.2, 0) is 9.53 Å². The lowest BCUT2D eigenvalue weighted by atomic mass is 10.2. The van der Waals surface area contributed by atoms with Crippen molar-refractivity contribution in [3.63, 3.8) is 0 Å². The van der Waals surface area contributed by atoms with Gasteiger partial charge < -0.3 is 9.15 Å². The van der Waals surface area contributed by atoms with Crippen LogP contribution in [0.2, 0.25) is 0 Å². The van der Waals surface area contributed by atoms with Gasteiger partial charge in [0, 0.05) is 28.3 Å². The molecule has 0 saturated carbocycles. The number of carbonyl (C=O) groups excluding carboxylic acids is 1. The van der Waals surface area contributed by atoms with Crippen LogP contribution in [0.5, 0.6) is 0 Å². The molecule has 1 aromatic heterocycles. The third kappa shape index (κ3) is 5.17. The van der Waals surface area contributed by atoms with Crippen molar-refractivity contribution >= 4 is 23.4 Å². The van der Waals surface area contributed by atoms with Gasteiger partial charge in [0.25, 0.3) is 11.6 Å². The number of carbonyl (C=O) groups is 1. The van der Waals surface area contributed by atoms with E-state index in [9.17, 15) is 14.9 Å². The molecule has 0 saturated heterocycles. The molecule has 0 aliphatic rings. The summed E-state index contributed by atoms with van der Waals surface area (Å²) in [5.41, 5.74) is 0.515. The van der Waals surface area contributed by atoms with Gasteiger partial charge in [-0.3, -0.25) is 14.9 Å². The second kappa shape index (κ2) is 9.14. The van der Waals surface area contributed by atoms with Crippen molar-refractivity contribution in [3.8, 4) is 11.5 Å². The molecule has 0 N–H and O–H groups in total. The number of esters is 1. The second-order valence-corrected chi connectivity index (χ2v) is 6.96. The van der Waals surface area contributed by atoms with E-state index in [1.165, 1.54) is 24.3 Å². The summed E-state index contributed by atoms with van der Waals surface area (Å²) in [7, 11) is 0. The third-order valence-corrected chi connectivity index (χ3v) is 4.75. The number of benzene rings is 2. The van der Waals surface area contributed by atoms with E-state index in [-0.39, 0.29) is 29.9 Å². The zero-order valence-electron chi connectivity index (χ0n) is 15.0. The Morgan fingerprint density at radius 2 is 1.89 bits per heavy atom. The van der Waals surface area contributed by atoms with Gasteiger partial charge in [-0.05, 0) is 31.2 Å². The summed E-state index contributed by atoms with van der Waals surface area (Å²) in [6.07, 6.45) is -0.429. The second-order valence-electron chi connectivity index (χ2n) is 5.79. The summed E-state index contributed by atoms with van der Waals surface area (Å²) >= 11 is 1.58. The van der Waals surface area contributed by atoms with Crippen LogP contribution >= 0.6 is 11.8 Å². The van der Waals surface area contributed by atoms with E-state index in [0.29, 0.717) is 11.3 Å². The molecule has 3 aromatic rings. The molecule has 0 radical (unpaired) electrons. The lowest BCUT2D eigenvalue weighted by molar-refractivity contribution is -0.384. The first-order valence-corrected chi connectivity index (χ1v) is 9.47. The summed E-state index contributed by atoms with van der Waals surface area (Å²) in [6, 6.07) is 15.5. The lowest BCUT2D eigenvalue weighted by Gasteiger charge is -2.09. The van der Waals surface area contributed by atoms with Gasteiger partial charge in [0.2, 0.25) is 5.89 Å². The van der Waals surface area contributed by atoms with Gasteiger partial charge in [0.15, 0.2) is 6.10 Å². The van der Waals surface area contributed by atoms with Crippen LogP contribution in [0.3, 0.4) is 0 Å². The Hall–Kier alpha value is -3.20. The molecule has 28 heavy (non-hydrogen) atoms. The Bertz CT molecular complexity index is 944. The zero-order valence-corrected chi connectivity index (χ0v) is 15.8. The van der Waals surface area contributed by atoms with E-state index >= 15 is 0 Å². The Labute approximate surface area is 165 Å². The van der Waals surface area contributed by atoms with Crippen LogP contribution in [-0.4, -0.2) is 26.8 Å². The van der Waals surface area contributed by atoms with E-state index in [4.69, 9.17) is 9.15 Å². The average molecular weight is 399 g/mol. The Morgan fingerprint density at radius 1 is 1.18 bits per heavy atom. The molecule has 144 valence electrons. The predicted molar refractivity (Wildman–Crippen MR) is 103 cm³/mol. The summed E-state index contributed by atoms with van der Waals surface area (Å²) in [6.45, 7) is 1.65. The Kier molecular flexibility index (Phi) is 6.38. The van der Waals surface area contributed by atoms with E-state index in [1.807, 2.05) is 30.3 Å². The SMILES string of the molecule is C[C@H](OC(=O)CCSc1ccccc1)c1nnc(-c2ccc([N+](=O)[O-])cc2)o1. The van der Waals surface area contributed by atoms with Crippen LogP contribution in [0.25, 0.3) is 11.5 Å². The van der Waals surface area contributed by atoms with Crippen molar-refractivity contribution in [2.75, 3.05) is 5.75 Å². The first-order chi connectivity index (χ1) is 13.5. The van der Waals surface area contributed by atoms with Gasteiger partial charge in [-0.1, -0.05) is 18.2 Å². The van der Waals surface area contributed by atoms with Crippen molar-refractivity contribution in [1.29, 1.82) is 0 Å². The highest BCUT2D eigenvalue weighted by atomic mass is 32.2. The number of hydrogen-bond donors (Lipinski definition) is 0. The maximum atomic E-state index is 12.0. The normalized spacial score (nSPS) is 11.8. The molecule has 0 fully saturated rings. The highest BCUT2D eigenvalue weighted by Gasteiger charge is 2.19. The smallest absolute Gasteiger partial charge is 0.307 e. The van der Waals surface area contributed by atoms with Gasteiger partial charge in [0.1, 0.15) is 0 Å². The van der Waals surface area contributed by atoms with Gasteiger partial charge in [-0.15, -0.1) is 22.0 Å². The maximum absolute atomic E-state index is 12.0. The fourth-order valence-electron chi connectivity index (χ4n) is 2.32. The van der Waals surface area contributed by atoms with Gasteiger partial charge >= 0.3 is 5.97 Å². The van der Waals surface area contributed by atoms with E-state index in [1.54, 1.807) is 18.7 Å². The molecular weight excluding hydrogens is 382 g/mol. The topological polar surface area (TPSA) is 108 Å². The third-order valence-electron chi connectivity index (χ3n) is 3.74. The summed E-state index contributed by atoms with van der Waals surface area (Å²) < 4.78 is 10.9. The van der Waals surface area contributed by atoms with Gasteiger partial charge in [-0.2, -0.15) is 0 Å². The molecule has 0 spiro atoms. The number of rotatable bonds is 8. The van der Waals surface area contributed by atoms with Crippen LogP contribution in [0, 0.1) is 10.1 Å². The standard InChI is InChI=1S/C19H17N3O5S/c1-13(26-17(23)11-12-28-16-5-3-2-4-6-16)18-20-21-19(27-18)14-7-9-15(10-8-14)22(24)25/h2-10,13H,11-12H2,1H3/t13-/m0/s1. The number of aromatic nitrogens is 2. The monoisotopic (exact) mass is 399 g/mol. The van der Waals surface area contributed by atoms with E-state index in [0.717, 1.165) is 4.90 Å². The van der Waals surface area contributed by atoms with Crippen molar-refractivity contribution in [2.24, 2.45) is 0 Å². The molecule has 0 aliphatic carbocycles. The summed E-state index contributed by atoms with van der Waals surface area (Å²) in [5.74, 6) is 0.615. The number of nitro benzene ring substituents is 1. The van der Waals surface area contributed by atoms with Crippen LogP contribution in [0.4, 0.5) is 5.69 Å². The molecule has 0 aliphatic heterocycles. The van der Waals surface area contributed by atoms with Crippen molar-refractivity contribution in [3.05, 3.63) is 70.6 Å². The number of ether oxygens (including phenoxy) is 1. The fraction of sp³-hybridized carbons (Fsp3) is 0.211. The van der Waals surface area contributed by atoms with Crippen molar-refractivity contribution in [1.82, 2.24) is 10.2 Å². The largest absolute Gasteiger partial charge is 0.453 e. The number of non-ortho nitro benzene ring substituents is 1. The zero-order chi connectivity index (χ0) is 19.9. The quantitative estimate of drug-likeness (QED) is 0.237. The molecular formula is C19H17N3O5S. The lowest BCUT2D eigenvalue weighted by Crippen LogP contribution is -2.09. The van der Waals surface area contributed by atoms with Gasteiger partial charge in [-0.25, -0.2) is 0 Å². The van der Waals surface area contributed by atoms with Crippen LogP contribution in [0.1, 0.15) is 25.3 Å². The molecule has 8 nitrogen and oxygen atoms in total. The minimum absolute atomic E-state index is 0.0286. The number of hydrogen-bond acceptors (Lipinski definition) is 8. The predicted octanol–water partition coefficient (Wildman–Crippen LogP) is 4.43. The molecule has 0 unspecified atom stereocenters. The highest BCUT2D eigenvalue weighted by molar-refractivity contribution is 7.99. The molecule has 2 aromatic carbocycles. The Morgan fingerprint density at radius 3 is 2.57 bits per heavy atom. The van der Waals surface area contributed by atoms with Crippen LogP contribution in [0.15, 0.2) is 63.9 Å². The molecule has 0 amide bonds. The Balaban J connectivity index is 1.52. The fourth-order valence-corrected chi connectivity index (χ4v) is 3.17. The van der Waals surface area contributed by atoms with Crippen molar-refractivity contribution < 1.29 is 18.9 Å². The van der Waals surface area contributed by atoms with Crippen molar-refractivity contribution in [2.45, 2.75) is 24.3 Å². The van der Waals surface area contributed by atoms with E-state index in [2.05, 4.69) is 10.2 Å². The van der Waals surface area contributed by atoms with Crippen LogP contribution < -0.4 is 0 Å². The minimum atomic E-state index is -0.687. The first kappa shape index (κ1) is 19.6. The maximum Gasteiger partial charge on any atom is 0.307 e. The molecule has 9 heteroatoms.